The zero-order chi connectivity index (χ0) is 13.8. The third kappa shape index (κ3) is 3.22. The number of pyridine rings is 1. The number of aromatic nitrogens is 1. The third-order valence-corrected chi connectivity index (χ3v) is 3.32. The fourth-order valence-electron chi connectivity index (χ4n) is 2.21. The number of hydrogen-bond acceptors (Lipinski definition) is 3. The molecule has 0 spiro atoms. The van der Waals surface area contributed by atoms with Gasteiger partial charge in [0.1, 0.15) is 0 Å². The maximum atomic E-state index is 11.7. The van der Waals surface area contributed by atoms with Gasteiger partial charge in [-0.25, -0.2) is 0 Å². The Morgan fingerprint density at radius 2 is 1.95 bits per heavy atom. The van der Waals surface area contributed by atoms with Crippen molar-refractivity contribution in [3.63, 3.8) is 0 Å². The topological polar surface area (TPSA) is 65.1 Å². The van der Waals surface area contributed by atoms with Crippen LogP contribution in [0, 0.1) is 0 Å². The smallest absolute Gasteiger partial charge is 0.255 e. The van der Waals surface area contributed by atoms with E-state index in [1.165, 1.54) is 0 Å². The Bertz CT molecular complexity index is 604. The molecule has 1 unspecified atom stereocenters. The van der Waals surface area contributed by atoms with E-state index in [0.717, 1.165) is 17.5 Å². The van der Waals surface area contributed by atoms with Gasteiger partial charge in [-0.1, -0.05) is 18.2 Å². The molecule has 0 aliphatic rings. The molecule has 0 saturated heterocycles. The van der Waals surface area contributed by atoms with Crippen molar-refractivity contribution >= 4 is 10.8 Å². The number of benzene rings is 1. The van der Waals surface area contributed by atoms with Crippen molar-refractivity contribution in [1.29, 1.82) is 0 Å². The molecule has 0 fully saturated rings. The molecule has 3 N–H and O–H groups in total. The van der Waals surface area contributed by atoms with Gasteiger partial charge in [-0.2, -0.15) is 0 Å². The first kappa shape index (κ1) is 13.8. The second-order valence-electron chi connectivity index (χ2n) is 4.93. The van der Waals surface area contributed by atoms with Crippen molar-refractivity contribution in [2.45, 2.75) is 32.4 Å². The van der Waals surface area contributed by atoms with E-state index in [2.05, 4.69) is 17.2 Å². The van der Waals surface area contributed by atoms with E-state index < -0.39 is 0 Å². The molecule has 1 aromatic carbocycles. The molecular weight excluding hydrogens is 240 g/mol. The molecule has 0 bridgehead atoms. The van der Waals surface area contributed by atoms with Gasteiger partial charge in [-0.3, -0.25) is 4.79 Å². The summed E-state index contributed by atoms with van der Waals surface area (Å²) in [6, 6.07) is 7.73. The van der Waals surface area contributed by atoms with E-state index in [-0.39, 0.29) is 17.7 Å². The number of aliphatic hydroxyl groups excluding tert-OH is 1. The van der Waals surface area contributed by atoms with Gasteiger partial charge in [0, 0.05) is 17.6 Å². The highest BCUT2D eigenvalue weighted by Gasteiger charge is 2.10. The lowest BCUT2D eigenvalue weighted by atomic mass is 10.0. The van der Waals surface area contributed by atoms with Crippen LogP contribution >= 0.6 is 0 Å². The lowest BCUT2D eigenvalue weighted by Gasteiger charge is -2.16. The molecule has 0 aliphatic carbocycles. The normalized spacial score (nSPS) is 14.5. The molecule has 102 valence electrons. The molecule has 0 saturated carbocycles. The van der Waals surface area contributed by atoms with Gasteiger partial charge >= 0.3 is 0 Å². The van der Waals surface area contributed by atoms with Crippen LogP contribution < -0.4 is 10.9 Å². The Balaban J connectivity index is 2.25. The minimum Gasteiger partial charge on any atom is -0.393 e. The summed E-state index contributed by atoms with van der Waals surface area (Å²) >= 11 is 0. The summed E-state index contributed by atoms with van der Waals surface area (Å²) in [6.07, 6.45) is 2.18. The lowest BCUT2D eigenvalue weighted by molar-refractivity contribution is 0.182. The number of H-pyrrole nitrogens is 1. The van der Waals surface area contributed by atoms with Gasteiger partial charge in [0.05, 0.1) is 6.10 Å². The van der Waals surface area contributed by atoms with Crippen LogP contribution in [0.2, 0.25) is 0 Å². The molecule has 2 aromatic rings. The minimum absolute atomic E-state index is 0.0597. The Kier molecular flexibility index (Phi) is 4.35. The van der Waals surface area contributed by atoms with Crippen LogP contribution in [-0.4, -0.2) is 22.7 Å². The highest BCUT2D eigenvalue weighted by atomic mass is 16.3. The van der Waals surface area contributed by atoms with Crippen LogP contribution in [0.25, 0.3) is 10.8 Å². The molecule has 1 aromatic heterocycles. The van der Waals surface area contributed by atoms with Crippen molar-refractivity contribution < 1.29 is 5.11 Å². The largest absolute Gasteiger partial charge is 0.393 e. The quantitative estimate of drug-likeness (QED) is 0.770. The number of hydrogen-bond donors (Lipinski definition) is 3. The van der Waals surface area contributed by atoms with Crippen LogP contribution in [0.15, 0.2) is 35.3 Å². The highest BCUT2D eigenvalue weighted by Crippen LogP contribution is 2.20. The van der Waals surface area contributed by atoms with Crippen molar-refractivity contribution in [2.24, 2.45) is 0 Å². The molecule has 2 rings (SSSR count). The Morgan fingerprint density at radius 3 is 2.63 bits per heavy atom. The highest BCUT2D eigenvalue weighted by molar-refractivity contribution is 5.84. The summed E-state index contributed by atoms with van der Waals surface area (Å²) in [7, 11) is 0. The van der Waals surface area contributed by atoms with Gasteiger partial charge in [-0.15, -0.1) is 0 Å². The standard InChI is InChI=1S/C15H20N2O2/c1-10(18)7-8-16-11(2)14-9-17-15(19)13-6-4-3-5-12(13)14/h3-6,9-11,16,18H,7-8H2,1-2H3,(H,17,19)/t10-,11?/m1/s1. The Hall–Kier alpha value is -1.65. The molecular formula is C15H20N2O2. The second-order valence-corrected chi connectivity index (χ2v) is 4.93. The summed E-state index contributed by atoms with van der Waals surface area (Å²) in [5.41, 5.74) is 1.01. The van der Waals surface area contributed by atoms with Gasteiger partial charge in [-0.05, 0) is 43.8 Å². The third-order valence-electron chi connectivity index (χ3n) is 3.32. The maximum absolute atomic E-state index is 11.7. The van der Waals surface area contributed by atoms with Crippen molar-refractivity contribution in [3.8, 4) is 0 Å². The van der Waals surface area contributed by atoms with Gasteiger partial charge < -0.3 is 15.4 Å². The SMILES string of the molecule is CC(NCC[C@@H](C)O)c1c[nH]c(=O)c2ccccc12. The summed E-state index contributed by atoms with van der Waals surface area (Å²) in [6.45, 7) is 4.58. The summed E-state index contributed by atoms with van der Waals surface area (Å²) in [5, 5.41) is 14.3. The predicted octanol–water partition coefficient (Wildman–Crippen LogP) is 1.95. The number of rotatable bonds is 5. The molecule has 2 atom stereocenters. The van der Waals surface area contributed by atoms with E-state index in [1.54, 1.807) is 13.1 Å². The van der Waals surface area contributed by atoms with E-state index in [4.69, 9.17) is 0 Å². The van der Waals surface area contributed by atoms with Gasteiger partial charge in [0.2, 0.25) is 0 Å². The van der Waals surface area contributed by atoms with E-state index >= 15 is 0 Å². The van der Waals surface area contributed by atoms with Gasteiger partial charge in [0.25, 0.3) is 5.56 Å². The van der Waals surface area contributed by atoms with Crippen LogP contribution in [0.3, 0.4) is 0 Å². The first-order valence-corrected chi connectivity index (χ1v) is 6.61. The number of nitrogens with one attached hydrogen (secondary N) is 2. The van der Waals surface area contributed by atoms with Crippen LogP contribution in [0.5, 0.6) is 0 Å². The predicted molar refractivity (Wildman–Crippen MR) is 77.3 cm³/mol. The summed E-state index contributed by atoms with van der Waals surface area (Å²) in [5.74, 6) is 0. The minimum atomic E-state index is -0.299. The van der Waals surface area contributed by atoms with Crippen molar-refractivity contribution in [2.75, 3.05) is 6.54 Å². The van der Waals surface area contributed by atoms with E-state index in [0.29, 0.717) is 11.8 Å². The average Bonchev–Trinajstić information content (AvgIpc) is 2.39. The number of aliphatic hydroxyl groups is 1. The van der Waals surface area contributed by atoms with Crippen LogP contribution in [0.1, 0.15) is 31.9 Å². The fourth-order valence-corrected chi connectivity index (χ4v) is 2.21. The van der Waals surface area contributed by atoms with E-state index in [9.17, 15) is 9.90 Å². The van der Waals surface area contributed by atoms with E-state index in [1.807, 2.05) is 24.3 Å². The van der Waals surface area contributed by atoms with Gasteiger partial charge in [0.15, 0.2) is 0 Å². The zero-order valence-corrected chi connectivity index (χ0v) is 11.3. The fraction of sp³-hybridized carbons (Fsp3) is 0.400. The summed E-state index contributed by atoms with van der Waals surface area (Å²) in [4.78, 5) is 14.5. The first-order valence-electron chi connectivity index (χ1n) is 6.61. The first-order chi connectivity index (χ1) is 9.09. The zero-order valence-electron chi connectivity index (χ0n) is 11.3. The molecule has 0 aliphatic heterocycles. The molecule has 4 nitrogen and oxygen atoms in total. The molecule has 0 amide bonds. The molecule has 1 heterocycles. The van der Waals surface area contributed by atoms with Crippen molar-refractivity contribution in [1.82, 2.24) is 10.3 Å². The van der Waals surface area contributed by atoms with Crippen molar-refractivity contribution in [3.05, 3.63) is 46.4 Å². The van der Waals surface area contributed by atoms with Crippen LogP contribution in [-0.2, 0) is 0 Å². The molecule has 19 heavy (non-hydrogen) atoms. The number of aromatic amines is 1. The lowest BCUT2D eigenvalue weighted by Crippen LogP contribution is -2.23. The average molecular weight is 260 g/mol. The Morgan fingerprint density at radius 1 is 1.26 bits per heavy atom. The Labute approximate surface area is 112 Å². The monoisotopic (exact) mass is 260 g/mol. The second kappa shape index (κ2) is 5.99. The molecule has 0 radical (unpaired) electrons. The maximum Gasteiger partial charge on any atom is 0.255 e. The molecule has 4 heteroatoms. The summed E-state index contributed by atoms with van der Waals surface area (Å²) < 4.78 is 0. The van der Waals surface area contributed by atoms with Crippen LogP contribution in [0.4, 0.5) is 0 Å². The number of fused-ring (bicyclic) bond motifs is 1.